The summed E-state index contributed by atoms with van der Waals surface area (Å²) in [4.78, 5) is 4.21. The molecule has 0 aliphatic heterocycles. The Morgan fingerprint density at radius 1 is 1.23 bits per heavy atom. The first-order chi connectivity index (χ1) is 10.8. The molecule has 0 aliphatic rings. The van der Waals surface area contributed by atoms with E-state index >= 15 is 0 Å². The fourth-order valence-electron chi connectivity index (χ4n) is 2.03. The zero-order valence-electron chi connectivity index (χ0n) is 12.4. The highest BCUT2D eigenvalue weighted by molar-refractivity contribution is 7.99. The second kappa shape index (κ2) is 6.61. The average Bonchev–Trinajstić information content (AvgIpc) is 3.17. The van der Waals surface area contributed by atoms with E-state index in [2.05, 4.69) is 25.1 Å². The topological polar surface area (TPSA) is 70.7 Å². The summed E-state index contributed by atoms with van der Waals surface area (Å²) in [5.41, 5.74) is 0.909. The van der Waals surface area contributed by atoms with Gasteiger partial charge in [0, 0.05) is 24.7 Å². The van der Waals surface area contributed by atoms with Gasteiger partial charge in [0.05, 0.1) is 12.8 Å². The Morgan fingerprint density at radius 3 is 2.73 bits per heavy atom. The molecule has 0 radical (unpaired) electrons. The number of rotatable bonds is 6. The Balaban J connectivity index is 1.67. The van der Waals surface area contributed by atoms with Gasteiger partial charge in [-0.05, 0) is 41.6 Å². The van der Waals surface area contributed by atoms with Gasteiger partial charge in [0.1, 0.15) is 11.6 Å². The van der Waals surface area contributed by atoms with Gasteiger partial charge < -0.3 is 9.30 Å². The maximum absolute atomic E-state index is 5.16. The third-order valence-electron chi connectivity index (χ3n) is 3.24. The van der Waals surface area contributed by atoms with Gasteiger partial charge in [-0.25, -0.2) is 4.98 Å². The van der Waals surface area contributed by atoms with Crippen LogP contribution in [0, 0.1) is 6.92 Å². The summed E-state index contributed by atoms with van der Waals surface area (Å²) in [6.45, 7) is 2.86. The lowest BCUT2D eigenvalue weighted by Crippen LogP contribution is -2.03. The number of aromatic nitrogens is 6. The van der Waals surface area contributed by atoms with Gasteiger partial charge in [0.15, 0.2) is 0 Å². The van der Waals surface area contributed by atoms with Crippen LogP contribution in [0.3, 0.4) is 0 Å². The standard InChI is InChI=1S/C14H16N6OS/c1-11-15-7-8-19(11)9-10-22-14-16-17-18-20(14)12-3-5-13(21-2)6-4-12/h3-8H,9-10H2,1-2H3. The molecule has 2 aromatic heterocycles. The van der Waals surface area contributed by atoms with Crippen molar-refractivity contribution in [1.82, 2.24) is 29.8 Å². The molecule has 0 bridgehead atoms. The van der Waals surface area contributed by atoms with Crippen molar-refractivity contribution in [2.24, 2.45) is 0 Å². The van der Waals surface area contributed by atoms with E-state index in [1.54, 1.807) is 29.8 Å². The van der Waals surface area contributed by atoms with E-state index in [-0.39, 0.29) is 0 Å². The average molecular weight is 316 g/mol. The van der Waals surface area contributed by atoms with E-state index in [0.29, 0.717) is 0 Å². The van der Waals surface area contributed by atoms with Crippen molar-refractivity contribution < 1.29 is 4.74 Å². The summed E-state index contributed by atoms with van der Waals surface area (Å²) in [5, 5.41) is 12.7. The van der Waals surface area contributed by atoms with Crippen LogP contribution in [0.2, 0.25) is 0 Å². The number of hydrogen-bond acceptors (Lipinski definition) is 6. The van der Waals surface area contributed by atoms with Crippen LogP contribution in [-0.2, 0) is 6.54 Å². The predicted molar refractivity (Wildman–Crippen MR) is 83.4 cm³/mol. The first kappa shape index (κ1) is 14.6. The fourth-order valence-corrected chi connectivity index (χ4v) is 2.86. The predicted octanol–water partition coefficient (Wildman–Crippen LogP) is 1.97. The third-order valence-corrected chi connectivity index (χ3v) is 4.14. The molecule has 0 N–H and O–H groups in total. The van der Waals surface area contributed by atoms with Crippen LogP contribution < -0.4 is 4.74 Å². The van der Waals surface area contributed by atoms with Crippen molar-refractivity contribution in [3.8, 4) is 11.4 Å². The van der Waals surface area contributed by atoms with Crippen molar-refractivity contribution in [2.45, 2.75) is 18.6 Å². The SMILES string of the molecule is COc1ccc(-n2nnnc2SCCn2ccnc2C)cc1. The molecular formula is C14H16N6OS. The Kier molecular flexibility index (Phi) is 4.38. The van der Waals surface area contributed by atoms with E-state index in [4.69, 9.17) is 4.74 Å². The van der Waals surface area contributed by atoms with Crippen LogP contribution in [0.1, 0.15) is 5.82 Å². The fraction of sp³-hybridized carbons (Fsp3) is 0.286. The summed E-state index contributed by atoms with van der Waals surface area (Å²) in [6.07, 6.45) is 3.78. The van der Waals surface area contributed by atoms with E-state index in [9.17, 15) is 0 Å². The first-order valence-corrected chi connectivity index (χ1v) is 7.80. The summed E-state index contributed by atoms with van der Waals surface area (Å²) < 4.78 is 8.99. The summed E-state index contributed by atoms with van der Waals surface area (Å²) in [6, 6.07) is 7.64. The molecule has 3 rings (SSSR count). The van der Waals surface area contributed by atoms with Crippen LogP contribution >= 0.6 is 11.8 Å². The molecule has 114 valence electrons. The van der Waals surface area contributed by atoms with Crippen molar-refractivity contribution in [1.29, 1.82) is 0 Å². The molecule has 1 aromatic carbocycles. The lowest BCUT2D eigenvalue weighted by Gasteiger charge is -2.06. The highest BCUT2D eigenvalue weighted by atomic mass is 32.2. The van der Waals surface area contributed by atoms with E-state index < -0.39 is 0 Å². The zero-order valence-corrected chi connectivity index (χ0v) is 13.2. The van der Waals surface area contributed by atoms with Crippen LogP contribution in [0.4, 0.5) is 0 Å². The second-order valence-electron chi connectivity index (χ2n) is 4.59. The van der Waals surface area contributed by atoms with Gasteiger partial charge in [-0.15, -0.1) is 5.10 Å². The molecule has 0 fully saturated rings. The number of benzene rings is 1. The second-order valence-corrected chi connectivity index (χ2v) is 5.65. The van der Waals surface area contributed by atoms with Crippen molar-refractivity contribution in [3.63, 3.8) is 0 Å². The molecule has 22 heavy (non-hydrogen) atoms. The van der Waals surface area contributed by atoms with Gasteiger partial charge in [0.2, 0.25) is 5.16 Å². The molecule has 0 atom stereocenters. The van der Waals surface area contributed by atoms with E-state index in [0.717, 1.165) is 34.7 Å². The molecule has 0 saturated heterocycles. The molecule has 0 amide bonds. The molecule has 7 nitrogen and oxygen atoms in total. The number of aryl methyl sites for hydroxylation is 2. The number of thioether (sulfide) groups is 1. The van der Waals surface area contributed by atoms with E-state index in [1.165, 1.54) is 0 Å². The first-order valence-electron chi connectivity index (χ1n) is 6.81. The van der Waals surface area contributed by atoms with Crippen LogP contribution in [0.15, 0.2) is 41.8 Å². The van der Waals surface area contributed by atoms with Gasteiger partial charge >= 0.3 is 0 Å². The molecule has 8 heteroatoms. The van der Waals surface area contributed by atoms with Gasteiger partial charge in [-0.1, -0.05) is 11.8 Å². The molecule has 3 aromatic rings. The molecule has 0 spiro atoms. The number of nitrogens with zero attached hydrogens (tertiary/aromatic N) is 6. The molecule has 0 aliphatic carbocycles. The van der Waals surface area contributed by atoms with Crippen LogP contribution in [-0.4, -0.2) is 42.6 Å². The minimum Gasteiger partial charge on any atom is -0.497 e. The summed E-state index contributed by atoms with van der Waals surface area (Å²) in [5.74, 6) is 2.69. The van der Waals surface area contributed by atoms with Crippen molar-refractivity contribution >= 4 is 11.8 Å². The highest BCUT2D eigenvalue weighted by Crippen LogP contribution is 2.20. The Hall–Kier alpha value is -2.35. The quantitative estimate of drug-likeness (QED) is 0.648. The highest BCUT2D eigenvalue weighted by Gasteiger charge is 2.09. The van der Waals surface area contributed by atoms with Crippen molar-refractivity contribution in [2.75, 3.05) is 12.9 Å². The van der Waals surface area contributed by atoms with Gasteiger partial charge in [-0.2, -0.15) is 4.68 Å². The minimum atomic E-state index is 0.767. The Bertz CT molecular complexity index is 736. The number of hydrogen-bond donors (Lipinski definition) is 0. The summed E-state index contributed by atoms with van der Waals surface area (Å²) >= 11 is 1.61. The number of imidazole rings is 1. The van der Waals surface area contributed by atoms with Crippen LogP contribution in [0.5, 0.6) is 5.75 Å². The molecule has 2 heterocycles. The maximum atomic E-state index is 5.16. The molecule has 0 saturated carbocycles. The van der Waals surface area contributed by atoms with Gasteiger partial charge in [-0.3, -0.25) is 0 Å². The van der Waals surface area contributed by atoms with Crippen LogP contribution in [0.25, 0.3) is 5.69 Å². The smallest absolute Gasteiger partial charge is 0.214 e. The minimum absolute atomic E-state index is 0.767. The van der Waals surface area contributed by atoms with E-state index in [1.807, 2.05) is 37.4 Å². The largest absolute Gasteiger partial charge is 0.497 e. The number of methoxy groups -OCH3 is 1. The monoisotopic (exact) mass is 316 g/mol. The lowest BCUT2D eigenvalue weighted by molar-refractivity contribution is 0.414. The zero-order chi connectivity index (χ0) is 15.4. The lowest BCUT2D eigenvalue weighted by atomic mass is 10.3. The molecule has 0 unspecified atom stereocenters. The van der Waals surface area contributed by atoms with Gasteiger partial charge in [0.25, 0.3) is 0 Å². The Labute approximate surface area is 132 Å². The number of tetrazole rings is 1. The normalized spacial score (nSPS) is 10.8. The molecular weight excluding hydrogens is 300 g/mol. The maximum Gasteiger partial charge on any atom is 0.214 e. The van der Waals surface area contributed by atoms with Crippen molar-refractivity contribution in [3.05, 3.63) is 42.5 Å². The number of ether oxygens (including phenoxy) is 1. The third kappa shape index (κ3) is 3.11. The Morgan fingerprint density at radius 2 is 2.05 bits per heavy atom. The summed E-state index contributed by atoms with van der Waals surface area (Å²) in [7, 11) is 1.64.